The molecule has 0 radical (unpaired) electrons. The standard InChI is InChI=1S/C94H131N17O19/c1-59-17-10-9-11-18-60(2)78(121-7)51-71-25-22-64(6)94(120,130-71)87(117)90(118)110-30-14-12-21-74(110)91(119)128-79(52-75(112)61(3)46-63(5)85(115)86(116)84(114)62(4)45-59)72(95)48-65-23-26-77(80(49-65)122-8)127-57-66-19-16-20-67(47-66)69-53-99-93(100-54-69)108-34-32-107(33-35-108)55-70-56-109(106-104-70)36-38-124-40-42-126-44-43-125-41-39-123-37-28-81(113)98-29-13-15-31-111-89-82(88(96)101-58-102-89)83(105-111)68-24-27-76-73(50-68)103-92(97)129-76/h9-11,16-20,24,27,46-47,50,53-54,56,58-59,61-62,64-65,71-72,74,77-80,85-86,115-116,120H,12-15,21-23,25-26,28-45,48-49,51-52,55,57,95H2,1-8H3,(H2,97,103)(H,98,113)(H2,96,101,102)/b11-9+,17-10+,60-18+,63-46+/t59-,61-,62-,64-,65+,71+,72-,74+,77-,78+,79+,80-,85-,86+,94-/m1/s1. The molecule has 3 saturated heterocycles. The number of oxazole rings is 1. The minimum Gasteiger partial charge on any atom is -0.459 e. The maximum Gasteiger partial charge on any atom is 0.329 e. The lowest BCUT2D eigenvalue weighted by Gasteiger charge is -2.42. The molecular weight excluding hydrogens is 1670 g/mol. The molecular formula is C94H131N17O19. The van der Waals surface area contributed by atoms with Gasteiger partial charge in [-0.1, -0.05) is 87.6 Å². The number of fused-ring (bicyclic) bond motifs is 5. The lowest BCUT2D eigenvalue weighted by molar-refractivity contribution is -0.265. The number of nitrogens with one attached hydrogen (secondary N) is 1. The Morgan fingerprint density at radius 1 is 0.746 bits per heavy atom. The number of rotatable bonds is 33. The smallest absolute Gasteiger partial charge is 0.329 e. The number of unbranched alkanes of at least 4 members (excludes halogenated alkanes) is 1. The first-order valence-electron chi connectivity index (χ1n) is 45.7. The molecule has 15 atom stereocenters. The Labute approximate surface area is 758 Å². The van der Waals surface area contributed by atoms with Crippen LogP contribution in [0.3, 0.4) is 0 Å². The summed E-state index contributed by atoms with van der Waals surface area (Å²) < 4.78 is 62.9. The first kappa shape index (κ1) is 99.0. The number of amides is 2. The fourth-order valence-electron chi connectivity index (χ4n) is 17.6. The maximum atomic E-state index is 14.8. The van der Waals surface area contributed by atoms with Gasteiger partial charge in [0.15, 0.2) is 17.0 Å². The third-order valence-electron chi connectivity index (χ3n) is 25.4. The number of carbonyl (C=O) groups excluding carboxylic acids is 6. The summed E-state index contributed by atoms with van der Waals surface area (Å²) in [6.07, 6.45) is 17.7. The monoisotopic (exact) mass is 1800 g/mol. The number of nitrogens with zero attached hydrogens (tertiary/aromatic N) is 13. The van der Waals surface area contributed by atoms with E-state index in [1.807, 2.05) is 93.1 Å². The molecule has 2 amide bonds. The number of hydrogen-bond donors (Lipinski definition) is 7. The summed E-state index contributed by atoms with van der Waals surface area (Å²) in [6.45, 7) is 19.1. The van der Waals surface area contributed by atoms with E-state index >= 15 is 0 Å². The summed E-state index contributed by atoms with van der Waals surface area (Å²) in [5.41, 5.74) is 27.0. The Hall–Kier alpha value is -10.1. The lowest BCUT2D eigenvalue weighted by atomic mass is 9.80. The molecule has 2 aromatic carbocycles. The van der Waals surface area contributed by atoms with Gasteiger partial charge in [-0.05, 0) is 149 Å². The molecule has 4 aliphatic heterocycles. The van der Waals surface area contributed by atoms with E-state index in [9.17, 15) is 44.1 Å². The van der Waals surface area contributed by atoms with Crippen LogP contribution in [0.2, 0.25) is 0 Å². The van der Waals surface area contributed by atoms with Crippen LogP contribution in [0.15, 0.2) is 119 Å². The number of aromatic nitrogens is 10. The SMILES string of the molecule is CO[C@H]1C[C@@H]2CC[C@@H](C)[C@@](O)(O2)C(=O)C(=O)N2CCCC[C@H]2C(=O)O[C@H]([C@H](N)C[C@@H]2CC[C@@H](OCc3cccc(-c4cnc(N5CCN(Cc6cn(CCOCCOCCOCCOCCC(=O)NCCCCn7nc(-c8ccc9oc(N)nc9c8)c8c(N)ncnc87)nn6)CC5)nc4)c3)[C@H](OC)C2)CC(=O)[C@H](C)/C=C(\C)[C@@H](O)[C@@H](O)C(=O)[C@H](C)C[C@H](C)/C=C/C=C/C=C/1C. The van der Waals surface area contributed by atoms with E-state index < -0.39 is 95.4 Å². The van der Waals surface area contributed by atoms with Crippen molar-refractivity contribution in [2.45, 2.75) is 225 Å². The van der Waals surface area contributed by atoms with Crippen LogP contribution in [0.1, 0.15) is 149 Å². The molecule has 36 nitrogen and oxygen atoms in total. The second kappa shape index (κ2) is 48.4. The zero-order chi connectivity index (χ0) is 92.4. The number of esters is 1. The second-order valence-electron chi connectivity index (χ2n) is 35.1. The van der Waals surface area contributed by atoms with Crippen molar-refractivity contribution in [2.24, 2.45) is 35.3 Å². The molecule has 7 aromatic rings. The van der Waals surface area contributed by atoms with Gasteiger partial charge in [-0.25, -0.2) is 34.1 Å². The molecule has 2 bridgehead atoms. The number of anilines is 3. The number of ketones is 3. The average Bonchev–Trinajstić information content (AvgIpc) is 0.917. The minimum absolute atomic E-state index is 0.0192. The first-order valence-corrected chi connectivity index (χ1v) is 45.7. The van der Waals surface area contributed by atoms with Gasteiger partial charge < -0.3 is 94.7 Å². The summed E-state index contributed by atoms with van der Waals surface area (Å²) in [4.78, 5) is 113. The number of hydrogen-bond acceptors (Lipinski definition) is 32. The van der Waals surface area contributed by atoms with Crippen LogP contribution in [-0.4, -0.2) is 277 Å². The van der Waals surface area contributed by atoms with E-state index in [0.717, 1.165) is 77.4 Å². The number of aryl methyl sites for hydroxylation is 1. The number of nitrogen functional groups attached to an aromatic ring is 2. The molecule has 10 N–H and O–H groups in total. The number of Topliss-reactive ketones (excluding diaryl/α,β-unsaturated/α-hetero) is 3. The number of aliphatic hydroxyl groups is 3. The van der Waals surface area contributed by atoms with Gasteiger partial charge in [0.1, 0.15) is 53.5 Å². The van der Waals surface area contributed by atoms with Gasteiger partial charge in [-0.15, -0.1) is 5.10 Å². The highest BCUT2D eigenvalue weighted by atomic mass is 16.6. The van der Waals surface area contributed by atoms with Crippen LogP contribution in [-0.2, 0) is 97.6 Å². The number of aliphatic hydroxyl groups excluding tert-OH is 2. The first-order chi connectivity index (χ1) is 62.7. The van der Waals surface area contributed by atoms with Crippen molar-refractivity contribution in [1.82, 2.24) is 64.8 Å². The van der Waals surface area contributed by atoms with Crippen LogP contribution in [0.25, 0.3) is 44.5 Å². The van der Waals surface area contributed by atoms with Crippen LogP contribution < -0.4 is 27.4 Å². The van der Waals surface area contributed by atoms with E-state index in [0.29, 0.717) is 176 Å². The summed E-state index contributed by atoms with van der Waals surface area (Å²) in [5, 5.41) is 52.0. The summed E-state index contributed by atoms with van der Waals surface area (Å²) in [7, 11) is 3.20. The van der Waals surface area contributed by atoms with Crippen molar-refractivity contribution < 1.29 is 91.1 Å². The van der Waals surface area contributed by atoms with Gasteiger partial charge >= 0.3 is 5.97 Å². The number of carbonyl (C=O) groups is 6. The van der Waals surface area contributed by atoms with Crippen molar-refractivity contribution in [3.8, 4) is 22.4 Å². The Kier molecular flexibility index (Phi) is 36.8. The number of nitrogens with two attached hydrogens (primary N) is 3. The normalized spacial score (nSPS) is 27.0. The Morgan fingerprint density at radius 3 is 2.25 bits per heavy atom. The minimum atomic E-state index is -2.50. The molecule has 4 fully saturated rings. The van der Waals surface area contributed by atoms with Gasteiger partial charge in [0.2, 0.25) is 17.6 Å². The molecule has 1 aliphatic carbocycles. The number of cyclic esters (lactones) is 1. The van der Waals surface area contributed by atoms with Crippen LogP contribution in [0, 0.1) is 29.6 Å². The average molecular weight is 1800 g/mol. The maximum absolute atomic E-state index is 14.8. The summed E-state index contributed by atoms with van der Waals surface area (Å²) in [5.74, 6) is -8.11. The van der Waals surface area contributed by atoms with E-state index in [1.54, 1.807) is 50.4 Å². The van der Waals surface area contributed by atoms with Gasteiger partial charge in [0, 0.05) is 139 Å². The van der Waals surface area contributed by atoms with Crippen LogP contribution >= 0.6 is 0 Å². The number of methoxy groups -OCH3 is 2. The Morgan fingerprint density at radius 2 is 1.50 bits per heavy atom. The second-order valence-corrected chi connectivity index (χ2v) is 35.1. The van der Waals surface area contributed by atoms with E-state index in [1.165, 1.54) is 19.3 Å². The number of piperidine rings is 1. The molecule has 5 aliphatic rings. The molecule has 5 aromatic heterocycles. The van der Waals surface area contributed by atoms with Gasteiger partial charge in [0.25, 0.3) is 17.7 Å². The van der Waals surface area contributed by atoms with Crippen molar-refractivity contribution in [2.75, 3.05) is 123 Å². The fraction of sp³-hybridized carbons (Fsp3) is 0.596. The summed E-state index contributed by atoms with van der Waals surface area (Å²) >= 11 is 0. The third kappa shape index (κ3) is 27.1. The number of allylic oxidation sites excluding steroid dienone is 6. The van der Waals surface area contributed by atoms with E-state index in [2.05, 4.69) is 46.4 Å². The Bertz CT molecular complexity index is 5010. The highest BCUT2D eigenvalue weighted by molar-refractivity contribution is 6.39. The molecule has 130 heavy (non-hydrogen) atoms. The molecule has 36 heteroatoms. The van der Waals surface area contributed by atoms with Gasteiger partial charge in [-0.3, -0.25) is 28.9 Å². The molecule has 12 rings (SSSR count). The van der Waals surface area contributed by atoms with E-state index in [-0.39, 0.29) is 80.4 Å². The van der Waals surface area contributed by atoms with E-state index in [4.69, 9.17) is 79.3 Å². The molecule has 1 saturated carbocycles. The van der Waals surface area contributed by atoms with Crippen LogP contribution in [0.4, 0.5) is 17.8 Å². The van der Waals surface area contributed by atoms with Gasteiger partial charge in [-0.2, -0.15) is 10.1 Å². The lowest BCUT2D eigenvalue weighted by Crippen LogP contribution is -2.61. The number of ether oxygens (including phenoxy) is 9. The van der Waals surface area contributed by atoms with Crippen molar-refractivity contribution >= 4 is 75.0 Å². The highest BCUT2D eigenvalue weighted by Gasteiger charge is 2.53. The molecule has 0 spiro atoms. The molecule has 9 heterocycles. The molecule has 0 unspecified atom stereocenters. The van der Waals surface area contributed by atoms with Crippen molar-refractivity contribution in [1.29, 1.82) is 0 Å². The summed E-state index contributed by atoms with van der Waals surface area (Å²) in [6, 6.07) is 11.5. The quantitative estimate of drug-likeness (QED) is 0.00886. The van der Waals surface area contributed by atoms with Crippen molar-refractivity contribution in [3.63, 3.8) is 0 Å². The zero-order valence-electron chi connectivity index (χ0n) is 76.2. The predicted molar refractivity (Wildman–Crippen MR) is 484 cm³/mol. The number of benzene rings is 2. The topological polar surface area (TPSA) is 472 Å². The van der Waals surface area contributed by atoms with Crippen molar-refractivity contribution in [3.05, 3.63) is 126 Å². The predicted octanol–water partition coefficient (Wildman–Crippen LogP) is 7.98. The largest absolute Gasteiger partial charge is 0.459 e. The van der Waals surface area contributed by atoms with Gasteiger partial charge in [0.05, 0.1) is 102 Å². The fourth-order valence-corrected chi connectivity index (χ4v) is 17.6. The van der Waals surface area contributed by atoms with Crippen LogP contribution in [0.5, 0.6) is 0 Å². The Balaban J connectivity index is 0.537. The molecule has 706 valence electrons. The highest BCUT2D eigenvalue weighted by Crippen LogP contribution is 2.39. The third-order valence-corrected chi connectivity index (χ3v) is 25.4. The number of piperazine rings is 1. The zero-order valence-corrected chi connectivity index (χ0v) is 76.2.